The summed E-state index contributed by atoms with van der Waals surface area (Å²) >= 11 is 0. The normalized spacial score (nSPS) is 18.0. The summed E-state index contributed by atoms with van der Waals surface area (Å²) < 4.78 is 43.9. The molecule has 0 aromatic heterocycles. The van der Waals surface area contributed by atoms with Crippen LogP contribution in [0.15, 0.2) is 24.3 Å². The van der Waals surface area contributed by atoms with Gasteiger partial charge in [0, 0.05) is 19.1 Å². The molecule has 2 rings (SSSR count). The molecule has 128 valence electrons. The minimum Gasteiger partial charge on any atom is -0.381 e. The van der Waals surface area contributed by atoms with Gasteiger partial charge in [-0.25, -0.2) is 0 Å². The molecule has 0 unspecified atom stereocenters. The Morgan fingerprint density at radius 2 is 1.91 bits per heavy atom. The van der Waals surface area contributed by atoms with Crippen LogP contribution in [0.5, 0.6) is 0 Å². The van der Waals surface area contributed by atoms with Crippen molar-refractivity contribution in [2.24, 2.45) is 11.8 Å². The topological polar surface area (TPSA) is 38.3 Å². The average molecular weight is 329 g/mol. The first kappa shape index (κ1) is 17.8. The van der Waals surface area contributed by atoms with Crippen molar-refractivity contribution in [2.45, 2.75) is 38.9 Å². The highest BCUT2D eigenvalue weighted by molar-refractivity contribution is 5.79. The Balaban J connectivity index is 2.16. The maximum absolute atomic E-state index is 12.9. The van der Waals surface area contributed by atoms with E-state index in [9.17, 15) is 18.0 Å². The maximum atomic E-state index is 12.9. The van der Waals surface area contributed by atoms with Gasteiger partial charge in [0.15, 0.2) is 0 Å². The first-order valence-electron chi connectivity index (χ1n) is 7.84. The van der Waals surface area contributed by atoms with Gasteiger partial charge in [-0.1, -0.05) is 26.0 Å². The number of ether oxygens (including phenoxy) is 1. The third kappa shape index (κ3) is 4.70. The summed E-state index contributed by atoms with van der Waals surface area (Å²) in [7, 11) is 0. The summed E-state index contributed by atoms with van der Waals surface area (Å²) in [4.78, 5) is 12.4. The zero-order valence-corrected chi connectivity index (χ0v) is 13.3. The van der Waals surface area contributed by atoms with E-state index in [1.165, 1.54) is 6.07 Å². The van der Waals surface area contributed by atoms with Gasteiger partial charge in [-0.3, -0.25) is 4.79 Å². The molecule has 3 nitrogen and oxygen atoms in total. The highest BCUT2D eigenvalue weighted by atomic mass is 19.4. The molecule has 23 heavy (non-hydrogen) atoms. The molecule has 0 spiro atoms. The Morgan fingerprint density at radius 1 is 1.26 bits per heavy atom. The molecule has 1 heterocycles. The minimum absolute atomic E-state index is 0.0118. The van der Waals surface area contributed by atoms with E-state index >= 15 is 0 Å². The van der Waals surface area contributed by atoms with Crippen molar-refractivity contribution >= 4 is 5.91 Å². The van der Waals surface area contributed by atoms with Gasteiger partial charge in [-0.15, -0.1) is 0 Å². The summed E-state index contributed by atoms with van der Waals surface area (Å²) in [5.74, 6) is -0.248. The van der Waals surface area contributed by atoms with Crippen LogP contribution in [0, 0.1) is 11.8 Å². The molecule has 1 amide bonds. The number of hydrogen-bond donors (Lipinski definition) is 1. The lowest BCUT2D eigenvalue weighted by molar-refractivity contribution is -0.137. The molecule has 1 aliphatic rings. The second kappa shape index (κ2) is 7.34. The average Bonchev–Trinajstić information content (AvgIpc) is 2.52. The maximum Gasteiger partial charge on any atom is 0.416 e. The van der Waals surface area contributed by atoms with Gasteiger partial charge in [0.05, 0.1) is 11.6 Å². The third-order valence-electron chi connectivity index (χ3n) is 4.13. The molecule has 1 atom stereocenters. The van der Waals surface area contributed by atoms with Gasteiger partial charge in [-0.2, -0.15) is 13.2 Å². The molecule has 1 aliphatic heterocycles. The van der Waals surface area contributed by atoms with Crippen molar-refractivity contribution in [3.8, 4) is 0 Å². The quantitative estimate of drug-likeness (QED) is 0.908. The first-order chi connectivity index (χ1) is 10.8. The lowest BCUT2D eigenvalue weighted by Crippen LogP contribution is -2.38. The molecule has 0 aliphatic carbocycles. The monoisotopic (exact) mass is 329 g/mol. The molecular formula is C17H22F3NO2. The fraction of sp³-hybridized carbons (Fsp3) is 0.588. The molecule has 1 aromatic carbocycles. The molecule has 6 heteroatoms. The van der Waals surface area contributed by atoms with E-state index in [1.807, 2.05) is 13.8 Å². The van der Waals surface area contributed by atoms with Gasteiger partial charge in [0.25, 0.3) is 0 Å². The summed E-state index contributed by atoms with van der Waals surface area (Å²) in [6, 6.07) is 4.74. The van der Waals surface area contributed by atoms with E-state index in [0.717, 1.165) is 12.1 Å². The number of rotatable bonds is 4. The molecule has 0 saturated carbocycles. The number of alkyl halides is 3. The van der Waals surface area contributed by atoms with E-state index in [-0.39, 0.29) is 17.7 Å². The zero-order valence-electron chi connectivity index (χ0n) is 13.3. The molecular weight excluding hydrogens is 307 g/mol. The summed E-state index contributed by atoms with van der Waals surface area (Å²) in [6.07, 6.45) is -3.08. The van der Waals surface area contributed by atoms with Crippen LogP contribution in [0.3, 0.4) is 0 Å². The van der Waals surface area contributed by atoms with Crippen LogP contribution in [0.2, 0.25) is 0 Å². The predicted molar refractivity (Wildman–Crippen MR) is 80.7 cm³/mol. The molecule has 1 fully saturated rings. The molecule has 1 N–H and O–H groups in total. The Kier molecular flexibility index (Phi) is 5.68. The standard InChI is InChI=1S/C17H22F3NO2/c1-11(2)15(21-16(22)12-6-8-23-9-7-12)13-4-3-5-14(10-13)17(18,19)20/h3-5,10-12,15H,6-9H2,1-2H3,(H,21,22)/t15-/m0/s1. The number of amides is 1. The van der Waals surface area contributed by atoms with E-state index in [1.54, 1.807) is 6.07 Å². The van der Waals surface area contributed by atoms with Gasteiger partial charge in [-0.05, 0) is 36.5 Å². The van der Waals surface area contributed by atoms with Crippen LogP contribution >= 0.6 is 0 Å². The highest BCUT2D eigenvalue weighted by Crippen LogP contribution is 2.32. The Hall–Kier alpha value is -1.56. The van der Waals surface area contributed by atoms with Crippen molar-refractivity contribution in [1.82, 2.24) is 5.32 Å². The number of halogens is 3. The SMILES string of the molecule is CC(C)[C@H](NC(=O)C1CCOCC1)c1cccc(C(F)(F)F)c1. The number of carbonyl (C=O) groups is 1. The fourth-order valence-electron chi connectivity index (χ4n) is 2.77. The first-order valence-corrected chi connectivity index (χ1v) is 7.84. The van der Waals surface area contributed by atoms with E-state index in [2.05, 4.69) is 5.32 Å². The van der Waals surface area contributed by atoms with Crippen molar-refractivity contribution in [2.75, 3.05) is 13.2 Å². The van der Waals surface area contributed by atoms with Crippen LogP contribution in [-0.2, 0) is 15.7 Å². The minimum atomic E-state index is -4.39. The van der Waals surface area contributed by atoms with Gasteiger partial charge in [0.1, 0.15) is 0 Å². The molecule has 0 radical (unpaired) electrons. The largest absolute Gasteiger partial charge is 0.416 e. The summed E-state index contributed by atoms with van der Waals surface area (Å²) in [5, 5.41) is 2.92. The smallest absolute Gasteiger partial charge is 0.381 e. The van der Waals surface area contributed by atoms with E-state index < -0.39 is 17.8 Å². The number of hydrogen-bond acceptors (Lipinski definition) is 2. The van der Waals surface area contributed by atoms with Crippen molar-refractivity contribution in [3.63, 3.8) is 0 Å². The number of benzene rings is 1. The second-order valence-corrected chi connectivity index (χ2v) is 6.24. The van der Waals surface area contributed by atoms with E-state index in [4.69, 9.17) is 4.74 Å². The lowest BCUT2D eigenvalue weighted by atomic mass is 9.92. The summed E-state index contributed by atoms with van der Waals surface area (Å²) in [6.45, 7) is 4.87. The number of nitrogens with one attached hydrogen (secondary N) is 1. The molecule has 0 bridgehead atoms. The zero-order chi connectivity index (χ0) is 17.0. The molecule has 1 aromatic rings. The number of carbonyl (C=O) groups excluding carboxylic acids is 1. The van der Waals surface area contributed by atoms with Crippen LogP contribution in [0.1, 0.15) is 43.9 Å². The van der Waals surface area contributed by atoms with Crippen LogP contribution in [0.4, 0.5) is 13.2 Å². The Morgan fingerprint density at radius 3 is 2.48 bits per heavy atom. The van der Waals surface area contributed by atoms with Gasteiger partial charge in [0.2, 0.25) is 5.91 Å². The van der Waals surface area contributed by atoms with E-state index in [0.29, 0.717) is 31.6 Å². The van der Waals surface area contributed by atoms with Crippen molar-refractivity contribution < 1.29 is 22.7 Å². The summed E-state index contributed by atoms with van der Waals surface area (Å²) in [5.41, 5.74) is -0.212. The van der Waals surface area contributed by atoms with Crippen molar-refractivity contribution in [3.05, 3.63) is 35.4 Å². The Bertz CT molecular complexity index is 537. The van der Waals surface area contributed by atoms with Crippen LogP contribution in [-0.4, -0.2) is 19.1 Å². The van der Waals surface area contributed by atoms with Crippen LogP contribution in [0.25, 0.3) is 0 Å². The van der Waals surface area contributed by atoms with Crippen LogP contribution < -0.4 is 5.32 Å². The van der Waals surface area contributed by atoms with Gasteiger partial charge < -0.3 is 10.1 Å². The molecule has 1 saturated heterocycles. The lowest BCUT2D eigenvalue weighted by Gasteiger charge is -2.28. The highest BCUT2D eigenvalue weighted by Gasteiger charge is 2.32. The second-order valence-electron chi connectivity index (χ2n) is 6.24. The predicted octanol–water partition coefficient (Wildman–Crippen LogP) is 3.95. The fourth-order valence-corrected chi connectivity index (χ4v) is 2.77. The van der Waals surface area contributed by atoms with Crippen molar-refractivity contribution in [1.29, 1.82) is 0 Å². The van der Waals surface area contributed by atoms with Gasteiger partial charge >= 0.3 is 6.18 Å². The Labute approximate surface area is 134 Å². The third-order valence-corrected chi connectivity index (χ3v) is 4.13.